The molecule has 0 bridgehead atoms. The SMILES string of the molecule is CCC1NC(c2cccc(F)c2)N(CCCS(C)=O)C1=O. The van der Waals surface area contributed by atoms with Crippen LogP contribution >= 0.6 is 0 Å². The first-order valence-electron chi connectivity index (χ1n) is 7.15. The highest BCUT2D eigenvalue weighted by molar-refractivity contribution is 7.84. The molecule has 4 nitrogen and oxygen atoms in total. The topological polar surface area (TPSA) is 49.4 Å². The summed E-state index contributed by atoms with van der Waals surface area (Å²) in [5.41, 5.74) is 0.747. The molecule has 21 heavy (non-hydrogen) atoms. The number of nitrogens with zero attached hydrogens (tertiary/aromatic N) is 1. The molecule has 1 N–H and O–H groups in total. The van der Waals surface area contributed by atoms with Gasteiger partial charge in [-0.2, -0.15) is 0 Å². The lowest BCUT2D eigenvalue weighted by Crippen LogP contribution is -2.32. The number of halogens is 1. The van der Waals surface area contributed by atoms with Gasteiger partial charge >= 0.3 is 0 Å². The number of hydrogen-bond donors (Lipinski definition) is 1. The number of rotatable bonds is 6. The molecule has 1 aromatic carbocycles. The fourth-order valence-electron chi connectivity index (χ4n) is 2.60. The summed E-state index contributed by atoms with van der Waals surface area (Å²) in [6.07, 6.45) is 2.73. The molecule has 1 amide bonds. The minimum Gasteiger partial charge on any atom is -0.322 e. The van der Waals surface area contributed by atoms with Gasteiger partial charge in [-0.15, -0.1) is 0 Å². The molecule has 1 aromatic rings. The zero-order valence-electron chi connectivity index (χ0n) is 12.3. The number of carbonyl (C=O) groups is 1. The van der Waals surface area contributed by atoms with Crippen molar-refractivity contribution in [2.75, 3.05) is 18.6 Å². The third kappa shape index (κ3) is 3.89. The van der Waals surface area contributed by atoms with E-state index < -0.39 is 10.8 Å². The molecule has 3 unspecified atom stereocenters. The third-order valence-corrected chi connectivity index (χ3v) is 4.52. The molecule has 0 aromatic heterocycles. The van der Waals surface area contributed by atoms with Crippen LogP contribution in [0.1, 0.15) is 31.5 Å². The predicted molar refractivity (Wildman–Crippen MR) is 81.6 cm³/mol. The Balaban J connectivity index is 2.16. The molecule has 1 saturated heterocycles. The molecule has 0 aliphatic carbocycles. The molecule has 1 aliphatic heterocycles. The molecule has 0 spiro atoms. The molecule has 1 heterocycles. The second kappa shape index (κ2) is 7.13. The Hall–Kier alpha value is -1.27. The Morgan fingerprint density at radius 1 is 1.43 bits per heavy atom. The van der Waals surface area contributed by atoms with Crippen molar-refractivity contribution in [1.29, 1.82) is 0 Å². The molecular formula is C15H21FN2O2S. The fraction of sp³-hybridized carbons (Fsp3) is 0.533. The van der Waals surface area contributed by atoms with Gasteiger partial charge in [0, 0.05) is 29.4 Å². The molecule has 1 fully saturated rings. The maximum absolute atomic E-state index is 13.4. The van der Waals surface area contributed by atoms with E-state index in [0.29, 0.717) is 25.1 Å². The molecule has 2 rings (SSSR count). The summed E-state index contributed by atoms with van der Waals surface area (Å²) in [5.74, 6) is 0.293. The van der Waals surface area contributed by atoms with E-state index >= 15 is 0 Å². The highest BCUT2D eigenvalue weighted by Gasteiger charge is 2.38. The van der Waals surface area contributed by atoms with Crippen LogP contribution in [-0.2, 0) is 15.6 Å². The van der Waals surface area contributed by atoms with Crippen molar-refractivity contribution < 1.29 is 13.4 Å². The van der Waals surface area contributed by atoms with E-state index in [4.69, 9.17) is 0 Å². The Morgan fingerprint density at radius 2 is 2.19 bits per heavy atom. The van der Waals surface area contributed by atoms with Gasteiger partial charge in [-0.1, -0.05) is 19.1 Å². The number of nitrogens with one attached hydrogen (secondary N) is 1. The minimum absolute atomic E-state index is 0.0358. The third-order valence-electron chi connectivity index (χ3n) is 3.66. The number of hydrogen-bond acceptors (Lipinski definition) is 3. The monoisotopic (exact) mass is 312 g/mol. The summed E-state index contributed by atoms with van der Waals surface area (Å²) in [4.78, 5) is 14.1. The lowest BCUT2D eigenvalue weighted by Gasteiger charge is -2.24. The van der Waals surface area contributed by atoms with E-state index in [0.717, 1.165) is 5.56 Å². The quantitative estimate of drug-likeness (QED) is 0.871. The Kier molecular flexibility index (Phi) is 5.47. The summed E-state index contributed by atoms with van der Waals surface area (Å²) in [5, 5.41) is 3.26. The second-order valence-electron chi connectivity index (χ2n) is 5.25. The Bertz CT molecular complexity index is 538. The van der Waals surface area contributed by atoms with Gasteiger partial charge in [0.25, 0.3) is 0 Å². The van der Waals surface area contributed by atoms with Crippen LogP contribution in [-0.4, -0.2) is 39.6 Å². The fourth-order valence-corrected chi connectivity index (χ4v) is 3.14. The van der Waals surface area contributed by atoms with Crippen LogP contribution in [0.15, 0.2) is 24.3 Å². The maximum atomic E-state index is 13.4. The normalized spacial score (nSPS) is 23.6. The molecule has 116 valence electrons. The Labute approximate surface area is 127 Å². The van der Waals surface area contributed by atoms with Crippen LogP contribution in [0.4, 0.5) is 4.39 Å². The van der Waals surface area contributed by atoms with Crippen molar-refractivity contribution in [2.24, 2.45) is 0 Å². The minimum atomic E-state index is -0.865. The largest absolute Gasteiger partial charge is 0.322 e. The smallest absolute Gasteiger partial charge is 0.241 e. The summed E-state index contributed by atoms with van der Waals surface area (Å²) >= 11 is 0. The first-order valence-corrected chi connectivity index (χ1v) is 8.87. The summed E-state index contributed by atoms with van der Waals surface area (Å²) in [6.45, 7) is 2.48. The van der Waals surface area contributed by atoms with E-state index in [1.807, 2.05) is 13.0 Å². The van der Waals surface area contributed by atoms with Crippen LogP contribution in [0, 0.1) is 5.82 Å². The number of carbonyl (C=O) groups excluding carboxylic acids is 1. The molecule has 3 atom stereocenters. The first kappa shape index (κ1) is 16.1. The lowest BCUT2D eigenvalue weighted by molar-refractivity contribution is -0.130. The van der Waals surface area contributed by atoms with E-state index in [2.05, 4.69) is 5.32 Å². The van der Waals surface area contributed by atoms with E-state index in [9.17, 15) is 13.4 Å². The van der Waals surface area contributed by atoms with Crippen molar-refractivity contribution in [2.45, 2.75) is 32.0 Å². The average molecular weight is 312 g/mol. The van der Waals surface area contributed by atoms with Gasteiger partial charge < -0.3 is 4.90 Å². The van der Waals surface area contributed by atoms with Gasteiger partial charge in [0.2, 0.25) is 5.91 Å². The Morgan fingerprint density at radius 3 is 2.81 bits per heavy atom. The van der Waals surface area contributed by atoms with E-state index in [1.165, 1.54) is 12.1 Å². The van der Waals surface area contributed by atoms with Gasteiger partial charge in [-0.25, -0.2) is 4.39 Å². The molecule has 6 heteroatoms. The van der Waals surface area contributed by atoms with Crippen LogP contribution in [0.5, 0.6) is 0 Å². The second-order valence-corrected chi connectivity index (χ2v) is 6.80. The molecular weight excluding hydrogens is 291 g/mol. The van der Waals surface area contributed by atoms with Gasteiger partial charge in [0.1, 0.15) is 12.0 Å². The average Bonchev–Trinajstić information content (AvgIpc) is 2.75. The van der Waals surface area contributed by atoms with Crippen molar-refractivity contribution in [3.63, 3.8) is 0 Å². The van der Waals surface area contributed by atoms with Crippen LogP contribution in [0.2, 0.25) is 0 Å². The van der Waals surface area contributed by atoms with Gasteiger partial charge in [-0.05, 0) is 30.5 Å². The predicted octanol–water partition coefficient (Wildman–Crippen LogP) is 1.80. The summed E-state index contributed by atoms with van der Waals surface area (Å²) in [6, 6.07) is 6.08. The maximum Gasteiger partial charge on any atom is 0.241 e. The van der Waals surface area contributed by atoms with Crippen molar-refractivity contribution in [3.8, 4) is 0 Å². The van der Waals surface area contributed by atoms with E-state index in [1.54, 1.807) is 17.2 Å². The summed E-state index contributed by atoms with van der Waals surface area (Å²) < 4.78 is 24.6. The van der Waals surface area contributed by atoms with Crippen molar-refractivity contribution in [1.82, 2.24) is 10.2 Å². The number of benzene rings is 1. The molecule has 0 saturated carbocycles. The highest BCUT2D eigenvalue weighted by Crippen LogP contribution is 2.27. The first-order chi connectivity index (χ1) is 10.0. The molecule has 0 radical (unpaired) electrons. The summed E-state index contributed by atoms with van der Waals surface area (Å²) in [7, 11) is -0.865. The van der Waals surface area contributed by atoms with Gasteiger partial charge in [0.05, 0.1) is 6.04 Å². The molecule has 1 aliphatic rings. The number of amides is 1. The van der Waals surface area contributed by atoms with Gasteiger partial charge in [0.15, 0.2) is 0 Å². The van der Waals surface area contributed by atoms with Crippen LogP contribution in [0.3, 0.4) is 0 Å². The standard InChI is InChI=1S/C15H21FN2O2S/c1-3-13-15(19)18(8-5-9-21(2)20)14(17-13)11-6-4-7-12(16)10-11/h4,6-7,10,13-14,17H,3,5,8-9H2,1-2H3. The lowest BCUT2D eigenvalue weighted by atomic mass is 10.1. The van der Waals surface area contributed by atoms with Gasteiger partial charge in [-0.3, -0.25) is 14.3 Å². The van der Waals surface area contributed by atoms with Crippen molar-refractivity contribution >= 4 is 16.7 Å². The zero-order chi connectivity index (χ0) is 15.4. The highest BCUT2D eigenvalue weighted by atomic mass is 32.2. The van der Waals surface area contributed by atoms with Crippen molar-refractivity contribution in [3.05, 3.63) is 35.6 Å². The van der Waals surface area contributed by atoms with E-state index in [-0.39, 0.29) is 23.9 Å². The zero-order valence-corrected chi connectivity index (χ0v) is 13.2. The van der Waals surface area contributed by atoms with Crippen LogP contribution < -0.4 is 5.32 Å². The van der Waals surface area contributed by atoms with Crippen LogP contribution in [0.25, 0.3) is 0 Å².